The number of halogens is 1. The predicted octanol–water partition coefficient (Wildman–Crippen LogP) is 3.04. The molecule has 0 saturated carbocycles. The highest BCUT2D eigenvalue weighted by Crippen LogP contribution is 2.27. The lowest BCUT2D eigenvalue weighted by molar-refractivity contribution is 0.0589. The molecule has 1 heterocycles. The third-order valence-electron chi connectivity index (χ3n) is 2.79. The summed E-state index contributed by atoms with van der Waals surface area (Å²) in [6, 6.07) is 5.96. The van der Waals surface area contributed by atoms with E-state index in [-0.39, 0.29) is 5.97 Å². The number of hydrogen-bond donors (Lipinski definition) is 0. The van der Waals surface area contributed by atoms with Gasteiger partial charge in [0, 0.05) is 22.4 Å². The number of fused-ring (bicyclic) bond motifs is 1. The van der Waals surface area contributed by atoms with Gasteiger partial charge in [-0.25, -0.2) is 4.79 Å². The number of aromatic nitrogens is 1. The second-order valence-corrected chi connectivity index (χ2v) is 4.60. The van der Waals surface area contributed by atoms with E-state index in [1.165, 1.54) is 7.11 Å². The van der Waals surface area contributed by atoms with Gasteiger partial charge in [0.2, 0.25) is 0 Å². The smallest absolute Gasteiger partial charge is 0.354 e. The number of nitrogens with zero attached hydrogens (tertiary/aromatic N) is 1. The van der Waals surface area contributed by atoms with E-state index in [2.05, 4.69) is 15.9 Å². The standard InChI is InChI=1S/C12H12BrNO2/c1-7-9-6-8(13)4-5-10(9)14(2)11(7)12(15)16-3/h4-6H,1-3H3. The molecule has 0 amide bonds. The largest absolute Gasteiger partial charge is 0.464 e. The van der Waals surface area contributed by atoms with E-state index >= 15 is 0 Å². The minimum atomic E-state index is -0.299. The zero-order valence-corrected chi connectivity index (χ0v) is 11.0. The number of methoxy groups -OCH3 is 1. The summed E-state index contributed by atoms with van der Waals surface area (Å²) in [4.78, 5) is 11.7. The molecule has 4 heteroatoms. The van der Waals surface area contributed by atoms with Gasteiger partial charge < -0.3 is 9.30 Å². The first-order chi connectivity index (χ1) is 7.56. The maximum Gasteiger partial charge on any atom is 0.354 e. The number of benzene rings is 1. The van der Waals surface area contributed by atoms with Crippen molar-refractivity contribution in [1.29, 1.82) is 0 Å². The Kier molecular flexibility index (Phi) is 2.76. The Bertz CT molecular complexity index is 572. The molecule has 2 aromatic rings. The highest BCUT2D eigenvalue weighted by molar-refractivity contribution is 9.10. The molecular formula is C12H12BrNO2. The molecule has 0 radical (unpaired) electrons. The van der Waals surface area contributed by atoms with Gasteiger partial charge in [0.1, 0.15) is 5.69 Å². The zero-order valence-electron chi connectivity index (χ0n) is 9.37. The van der Waals surface area contributed by atoms with Gasteiger partial charge in [0.15, 0.2) is 0 Å². The predicted molar refractivity (Wildman–Crippen MR) is 66.7 cm³/mol. The Balaban J connectivity index is 2.81. The van der Waals surface area contributed by atoms with Crippen molar-refractivity contribution in [2.45, 2.75) is 6.92 Å². The first-order valence-electron chi connectivity index (χ1n) is 4.89. The quantitative estimate of drug-likeness (QED) is 0.753. The van der Waals surface area contributed by atoms with Gasteiger partial charge in [-0.3, -0.25) is 0 Å². The molecule has 0 saturated heterocycles. The van der Waals surface area contributed by atoms with Crippen LogP contribution < -0.4 is 0 Å². The lowest BCUT2D eigenvalue weighted by Gasteiger charge is -2.02. The molecule has 0 fully saturated rings. The second kappa shape index (κ2) is 3.94. The summed E-state index contributed by atoms with van der Waals surface area (Å²) in [7, 11) is 3.27. The summed E-state index contributed by atoms with van der Waals surface area (Å²) >= 11 is 3.43. The van der Waals surface area contributed by atoms with Gasteiger partial charge in [0.05, 0.1) is 7.11 Å². The third-order valence-corrected chi connectivity index (χ3v) is 3.29. The van der Waals surface area contributed by atoms with Crippen LogP contribution in [-0.2, 0) is 11.8 Å². The number of carbonyl (C=O) groups excluding carboxylic acids is 1. The zero-order chi connectivity index (χ0) is 11.9. The van der Waals surface area contributed by atoms with Crippen LogP contribution in [0.4, 0.5) is 0 Å². The maximum absolute atomic E-state index is 11.7. The molecule has 2 rings (SSSR count). The number of ether oxygens (including phenoxy) is 1. The topological polar surface area (TPSA) is 31.2 Å². The van der Waals surface area contributed by atoms with E-state index in [9.17, 15) is 4.79 Å². The van der Waals surface area contributed by atoms with Crippen LogP contribution in [-0.4, -0.2) is 17.6 Å². The summed E-state index contributed by atoms with van der Waals surface area (Å²) in [5.74, 6) is -0.299. The van der Waals surface area contributed by atoms with Crippen LogP contribution in [0, 0.1) is 6.92 Å². The lowest BCUT2D eigenvalue weighted by Crippen LogP contribution is -2.08. The van der Waals surface area contributed by atoms with E-state index < -0.39 is 0 Å². The van der Waals surface area contributed by atoms with Gasteiger partial charge in [0.25, 0.3) is 0 Å². The Labute approximate surface area is 102 Å². The highest BCUT2D eigenvalue weighted by atomic mass is 79.9. The minimum absolute atomic E-state index is 0.299. The average Bonchev–Trinajstić information content (AvgIpc) is 2.51. The minimum Gasteiger partial charge on any atom is -0.464 e. The van der Waals surface area contributed by atoms with Gasteiger partial charge in [-0.15, -0.1) is 0 Å². The van der Waals surface area contributed by atoms with Crippen LogP contribution in [0.15, 0.2) is 22.7 Å². The first-order valence-corrected chi connectivity index (χ1v) is 5.68. The number of hydrogen-bond acceptors (Lipinski definition) is 2. The molecule has 3 nitrogen and oxygen atoms in total. The van der Waals surface area contributed by atoms with E-state index in [4.69, 9.17) is 4.74 Å². The van der Waals surface area contributed by atoms with E-state index in [1.807, 2.05) is 36.7 Å². The lowest BCUT2D eigenvalue weighted by atomic mass is 10.1. The molecule has 0 aliphatic carbocycles. The molecule has 0 aliphatic heterocycles. The molecule has 1 aromatic heterocycles. The highest BCUT2D eigenvalue weighted by Gasteiger charge is 2.18. The van der Waals surface area contributed by atoms with Crippen molar-refractivity contribution in [3.8, 4) is 0 Å². The van der Waals surface area contributed by atoms with Gasteiger partial charge in [-0.05, 0) is 30.7 Å². The van der Waals surface area contributed by atoms with Crippen LogP contribution in [0.5, 0.6) is 0 Å². The van der Waals surface area contributed by atoms with Gasteiger partial charge in [-0.2, -0.15) is 0 Å². The summed E-state index contributed by atoms with van der Waals surface area (Å²) < 4.78 is 7.65. The first kappa shape index (κ1) is 11.2. The number of rotatable bonds is 1. The van der Waals surface area contributed by atoms with Crippen LogP contribution >= 0.6 is 15.9 Å². The molecule has 16 heavy (non-hydrogen) atoms. The average molecular weight is 282 g/mol. The molecule has 84 valence electrons. The summed E-state index contributed by atoms with van der Waals surface area (Å²) in [6.45, 7) is 1.93. The monoisotopic (exact) mass is 281 g/mol. The fourth-order valence-corrected chi connectivity index (χ4v) is 2.35. The summed E-state index contributed by atoms with van der Waals surface area (Å²) in [5, 5.41) is 1.07. The number of aryl methyl sites for hydroxylation is 2. The SMILES string of the molecule is COC(=O)c1c(C)c2cc(Br)ccc2n1C. The summed E-state index contributed by atoms with van der Waals surface area (Å²) in [5.41, 5.74) is 2.59. The van der Waals surface area contributed by atoms with Crippen molar-refractivity contribution in [1.82, 2.24) is 4.57 Å². The third kappa shape index (κ3) is 1.53. The number of esters is 1. The van der Waals surface area contributed by atoms with Crippen molar-refractivity contribution in [2.24, 2.45) is 7.05 Å². The fourth-order valence-electron chi connectivity index (χ4n) is 1.99. The molecule has 0 spiro atoms. The van der Waals surface area contributed by atoms with E-state index in [1.54, 1.807) is 0 Å². The molecule has 0 aliphatic rings. The normalized spacial score (nSPS) is 10.8. The number of carbonyl (C=O) groups is 1. The molecule has 1 aromatic carbocycles. The van der Waals surface area contributed by atoms with Crippen molar-refractivity contribution >= 4 is 32.8 Å². The Morgan fingerprint density at radius 1 is 1.44 bits per heavy atom. The Hall–Kier alpha value is -1.29. The molecular weight excluding hydrogens is 270 g/mol. The fraction of sp³-hybridized carbons (Fsp3) is 0.250. The molecule has 0 atom stereocenters. The van der Waals surface area contributed by atoms with E-state index in [0.717, 1.165) is 20.9 Å². The summed E-state index contributed by atoms with van der Waals surface area (Å²) in [6.07, 6.45) is 0. The van der Waals surface area contributed by atoms with Crippen molar-refractivity contribution in [3.05, 3.63) is 33.9 Å². The molecule has 0 N–H and O–H groups in total. The van der Waals surface area contributed by atoms with Gasteiger partial charge in [-0.1, -0.05) is 15.9 Å². The van der Waals surface area contributed by atoms with Crippen molar-refractivity contribution < 1.29 is 9.53 Å². The molecule has 0 bridgehead atoms. The van der Waals surface area contributed by atoms with Crippen LogP contribution in [0.3, 0.4) is 0 Å². The van der Waals surface area contributed by atoms with E-state index in [0.29, 0.717) is 5.69 Å². The van der Waals surface area contributed by atoms with Crippen LogP contribution in [0.1, 0.15) is 16.1 Å². The maximum atomic E-state index is 11.7. The van der Waals surface area contributed by atoms with Gasteiger partial charge >= 0.3 is 5.97 Å². The van der Waals surface area contributed by atoms with Crippen LogP contribution in [0.25, 0.3) is 10.9 Å². The van der Waals surface area contributed by atoms with Crippen molar-refractivity contribution in [2.75, 3.05) is 7.11 Å². The van der Waals surface area contributed by atoms with Crippen LogP contribution in [0.2, 0.25) is 0 Å². The Morgan fingerprint density at radius 2 is 2.12 bits per heavy atom. The molecule has 0 unspecified atom stereocenters. The van der Waals surface area contributed by atoms with Crippen molar-refractivity contribution in [3.63, 3.8) is 0 Å². The second-order valence-electron chi connectivity index (χ2n) is 3.69. The Morgan fingerprint density at radius 3 is 2.75 bits per heavy atom.